The number of benzene rings is 2. The van der Waals surface area contributed by atoms with Crippen LogP contribution in [-0.2, 0) is 6.54 Å². The molecule has 0 aliphatic carbocycles. The molecule has 2 aromatic carbocycles. The van der Waals surface area contributed by atoms with Crippen molar-refractivity contribution < 1.29 is 14.3 Å². The van der Waals surface area contributed by atoms with Crippen LogP contribution in [0, 0.1) is 6.92 Å². The van der Waals surface area contributed by atoms with Crippen LogP contribution >= 0.6 is 0 Å². The van der Waals surface area contributed by atoms with Gasteiger partial charge in [-0.15, -0.1) is 0 Å². The van der Waals surface area contributed by atoms with Crippen LogP contribution in [0.1, 0.15) is 22.8 Å². The third-order valence-electron chi connectivity index (χ3n) is 4.57. The lowest BCUT2D eigenvalue weighted by molar-refractivity contribution is 0.102. The molecule has 6 heteroatoms. The van der Waals surface area contributed by atoms with Crippen LogP contribution in [0.15, 0.2) is 47.4 Å². The Bertz CT molecular complexity index is 1070. The van der Waals surface area contributed by atoms with Crippen molar-refractivity contribution in [1.82, 2.24) is 4.57 Å². The van der Waals surface area contributed by atoms with Crippen LogP contribution < -0.4 is 20.3 Å². The highest BCUT2D eigenvalue weighted by Gasteiger charge is 2.18. The number of para-hydroxylation sites is 1. The Morgan fingerprint density at radius 1 is 1.07 bits per heavy atom. The summed E-state index contributed by atoms with van der Waals surface area (Å²) in [5.41, 5.74) is 1.90. The van der Waals surface area contributed by atoms with E-state index in [0.717, 1.165) is 11.3 Å². The lowest BCUT2D eigenvalue weighted by atomic mass is 10.0. The summed E-state index contributed by atoms with van der Waals surface area (Å²) >= 11 is 0. The van der Waals surface area contributed by atoms with Gasteiger partial charge in [-0.2, -0.15) is 0 Å². The zero-order valence-electron chi connectivity index (χ0n) is 15.8. The molecule has 0 saturated carbocycles. The summed E-state index contributed by atoms with van der Waals surface area (Å²) in [5, 5.41) is 3.86. The molecule has 6 nitrogen and oxygen atoms in total. The van der Waals surface area contributed by atoms with E-state index in [1.165, 1.54) is 18.8 Å². The molecule has 3 aromatic rings. The number of nitrogens with zero attached hydrogens (tertiary/aromatic N) is 1. The Morgan fingerprint density at radius 2 is 1.70 bits per heavy atom. The van der Waals surface area contributed by atoms with Crippen molar-refractivity contribution in [1.29, 1.82) is 0 Å². The first kappa shape index (κ1) is 18.5. The van der Waals surface area contributed by atoms with Crippen molar-refractivity contribution in [2.24, 2.45) is 0 Å². The van der Waals surface area contributed by atoms with E-state index in [1.54, 1.807) is 18.3 Å². The van der Waals surface area contributed by atoms with Gasteiger partial charge in [0.05, 0.1) is 25.2 Å². The molecule has 0 bridgehead atoms. The number of hydrogen-bond acceptors (Lipinski definition) is 4. The normalized spacial score (nSPS) is 10.7. The number of carbonyl (C=O) groups is 1. The number of amides is 1. The number of aromatic nitrogens is 1. The molecule has 3 rings (SSSR count). The van der Waals surface area contributed by atoms with Crippen molar-refractivity contribution in [3.8, 4) is 11.5 Å². The molecule has 27 heavy (non-hydrogen) atoms. The van der Waals surface area contributed by atoms with E-state index < -0.39 is 0 Å². The number of rotatable bonds is 5. The van der Waals surface area contributed by atoms with Gasteiger partial charge in [0.2, 0.25) is 0 Å². The Balaban J connectivity index is 2.21. The SMILES string of the molecule is CCn1cc(C(=O)Nc2ccccc2C)c2cc(OC)c(OC)cc2c1=O. The number of anilines is 1. The first-order valence-corrected chi connectivity index (χ1v) is 8.66. The lowest BCUT2D eigenvalue weighted by Gasteiger charge is -2.15. The summed E-state index contributed by atoms with van der Waals surface area (Å²) in [6.07, 6.45) is 1.59. The minimum absolute atomic E-state index is 0.180. The molecule has 0 atom stereocenters. The summed E-state index contributed by atoms with van der Waals surface area (Å²) in [4.78, 5) is 25.8. The first-order chi connectivity index (χ1) is 13.0. The van der Waals surface area contributed by atoms with Gasteiger partial charge < -0.3 is 19.4 Å². The Kier molecular flexibility index (Phi) is 5.16. The monoisotopic (exact) mass is 366 g/mol. The highest BCUT2D eigenvalue weighted by Crippen LogP contribution is 2.32. The van der Waals surface area contributed by atoms with Gasteiger partial charge in [0.1, 0.15) is 0 Å². The molecular formula is C21H22N2O4. The molecule has 1 aromatic heterocycles. The summed E-state index contributed by atoms with van der Waals surface area (Å²) in [6, 6.07) is 10.8. The van der Waals surface area contributed by atoms with E-state index in [1.807, 2.05) is 38.1 Å². The number of carbonyl (C=O) groups excluding carboxylic acids is 1. The number of hydrogen-bond donors (Lipinski definition) is 1. The molecule has 1 N–H and O–H groups in total. The number of pyridine rings is 1. The molecule has 0 aliphatic rings. The van der Waals surface area contributed by atoms with E-state index >= 15 is 0 Å². The van der Waals surface area contributed by atoms with Gasteiger partial charge >= 0.3 is 0 Å². The molecule has 0 fully saturated rings. The smallest absolute Gasteiger partial charge is 0.258 e. The van der Waals surface area contributed by atoms with Gasteiger partial charge in [0, 0.05) is 23.8 Å². The van der Waals surface area contributed by atoms with Crippen molar-refractivity contribution in [3.63, 3.8) is 0 Å². The van der Waals surface area contributed by atoms with Gasteiger partial charge in [-0.1, -0.05) is 18.2 Å². The number of ether oxygens (including phenoxy) is 2. The van der Waals surface area contributed by atoms with Gasteiger partial charge in [-0.3, -0.25) is 9.59 Å². The van der Waals surface area contributed by atoms with E-state index in [4.69, 9.17) is 9.47 Å². The number of aryl methyl sites for hydroxylation is 2. The van der Waals surface area contributed by atoms with Crippen molar-refractivity contribution in [2.75, 3.05) is 19.5 Å². The second-order valence-electron chi connectivity index (χ2n) is 6.16. The highest BCUT2D eigenvalue weighted by atomic mass is 16.5. The van der Waals surface area contributed by atoms with Crippen LogP contribution in [0.4, 0.5) is 5.69 Å². The van der Waals surface area contributed by atoms with Crippen LogP contribution in [0.3, 0.4) is 0 Å². The van der Waals surface area contributed by atoms with Crippen LogP contribution in [-0.4, -0.2) is 24.7 Å². The molecule has 0 unspecified atom stereocenters. The average molecular weight is 366 g/mol. The highest BCUT2D eigenvalue weighted by molar-refractivity contribution is 6.13. The second-order valence-corrected chi connectivity index (χ2v) is 6.16. The lowest BCUT2D eigenvalue weighted by Crippen LogP contribution is -2.23. The minimum atomic E-state index is -0.288. The maximum atomic E-state index is 13.0. The van der Waals surface area contributed by atoms with Crippen LogP contribution in [0.25, 0.3) is 10.8 Å². The fraction of sp³-hybridized carbons (Fsp3) is 0.238. The number of methoxy groups -OCH3 is 2. The van der Waals surface area contributed by atoms with E-state index in [9.17, 15) is 9.59 Å². The zero-order valence-corrected chi connectivity index (χ0v) is 15.8. The molecule has 0 aliphatic heterocycles. The Morgan fingerprint density at radius 3 is 2.30 bits per heavy atom. The summed E-state index contributed by atoms with van der Waals surface area (Å²) in [6.45, 7) is 4.24. The summed E-state index contributed by atoms with van der Waals surface area (Å²) in [7, 11) is 3.03. The maximum Gasteiger partial charge on any atom is 0.258 e. The van der Waals surface area contributed by atoms with Crippen LogP contribution in [0.2, 0.25) is 0 Å². The van der Waals surface area contributed by atoms with Gasteiger partial charge in [-0.25, -0.2) is 0 Å². The van der Waals surface area contributed by atoms with Crippen molar-refractivity contribution in [3.05, 3.63) is 64.1 Å². The maximum absolute atomic E-state index is 13.0. The molecular weight excluding hydrogens is 344 g/mol. The predicted octanol–water partition coefficient (Wildman–Crippen LogP) is 3.60. The predicted molar refractivity (Wildman–Crippen MR) is 106 cm³/mol. The average Bonchev–Trinajstić information content (AvgIpc) is 2.69. The standard InChI is InChI=1S/C21H22N2O4/c1-5-23-12-16(20(24)22-17-9-7-6-8-13(17)2)14-10-18(26-3)19(27-4)11-15(14)21(23)25/h6-12H,5H2,1-4H3,(H,22,24). The van der Waals surface area contributed by atoms with Gasteiger partial charge in [-0.05, 0) is 37.6 Å². The largest absolute Gasteiger partial charge is 0.493 e. The Hall–Kier alpha value is -3.28. The van der Waals surface area contributed by atoms with E-state index in [0.29, 0.717) is 34.4 Å². The molecule has 0 radical (unpaired) electrons. The fourth-order valence-corrected chi connectivity index (χ4v) is 3.04. The quantitative estimate of drug-likeness (QED) is 0.749. The topological polar surface area (TPSA) is 69.6 Å². The summed E-state index contributed by atoms with van der Waals surface area (Å²) in [5.74, 6) is 0.619. The van der Waals surface area contributed by atoms with Crippen molar-refractivity contribution >= 4 is 22.4 Å². The Labute approximate surface area is 157 Å². The molecule has 1 amide bonds. The van der Waals surface area contributed by atoms with Crippen molar-refractivity contribution in [2.45, 2.75) is 20.4 Å². The van der Waals surface area contributed by atoms with Gasteiger partial charge in [0.15, 0.2) is 11.5 Å². The van der Waals surface area contributed by atoms with E-state index in [-0.39, 0.29) is 11.5 Å². The first-order valence-electron chi connectivity index (χ1n) is 8.66. The second kappa shape index (κ2) is 7.53. The third kappa shape index (κ3) is 3.38. The number of nitrogens with one attached hydrogen (secondary N) is 1. The molecule has 140 valence electrons. The zero-order chi connectivity index (χ0) is 19.6. The fourth-order valence-electron chi connectivity index (χ4n) is 3.04. The van der Waals surface area contributed by atoms with Gasteiger partial charge in [0.25, 0.3) is 11.5 Å². The third-order valence-corrected chi connectivity index (χ3v) is 4.57. The van der Waals surface area contributed by atoms with Crippen LogP contribution in [0.5, 0.6) is 11.5 Å². The molecule has 0 spiro atoms. The number of fused-ring (bicyclic) bond motifs is 1. The van der Waals surface area contributed by atoms with E-state index in [2.05, 4.69) is 5.32 Å². The molecule has 1 heterocycles. The molecule has 0 saturated heterocycles. The summed E-state index contributed by atoms with van der Waals surface area (Å²) < 4.78 is 12.2. The minimum Gasteiger partial charge on any atom is -0.493 e.